The number of fused-ring (bicyclic) bond motifs is 1. The van der Waals surface area contributed by atoms with Crippen molar-refractivity contribution in [3.8, 4) is 0 Å². The molecule has 136 valence electrons. The van der Waals surface area contributed by atoms with Crippen LogP contribution >= 0.6 is 15.9 Å². The molecule has 5 heteroatoms. The highest BCUT2D eigenvalue weighted by molar-refractivity contribution is 9.10. The summed E-state index contributed by atoms with van der Waals surface area (Å²) in [5, 5.41) is 19.4. The predicted molar refractivity (Wildman–Crippen MR) is 110 cm³/mol. The average molecular weight is 422 g/mol. The molecule has 0 aliphatic heterocycles. The molecule has 2 N–H and O–H groups in total. The Morgan fingerprint density at radius 3 is 2.07 bits per heavy atom. The average Bonchev–Trinajstić information content (AvgIpc) is 2.95. The maximum absolute atomic E-state index is 10.7. The Morgan fingerprint density at radius 1 is 0.815 bits per heavy atom. The Hall–Kier alpha value is -2.63. The highest BCUT2D eigenvalue weighted by atomic mass is 79.9. The minimum Gasteiger partial charge on any atom is -0.387 e. The molecular formula is C22H20BrN3O. The van der Waals surface area contributed by atoms with E-state index in [-0.39, 0.29) is 0 Å². The normalized spacial score (nSPS) is 12.4. The molecular weight excluding hydrogens is 402 g/mol. The van der Waals surface area contributed by atoms with Gasteiger partial charge >= 0.3 is 0 Å². The van der Waals surface area contributed by atoms with Gasteiger partial charge in [-0.05, 0) is 35.4 Å². The summed E-state index contributed by atoms with van der Waals surface area (Å²) in [6.07, 6.45) is -0.678. The van der Waals surface area contributed by atoms with Crippen molar-refractivity contribution in [1.29, 1.82) is 5.41 Å². The summed E-state index contributed by atoms with van der Waals surface area (Å²) in [6.45, 7) is 0.963. The maximum Gasteiger partial charge on any atom is 0.203 e. The second-order valence-electron chi connectivity index (χ2n) is 6.56. The molecule has 0 unspecified atom stereocenters. The van der Waals surface area contributed by atoms with Crippen LogP contribution in [0.1, 0.15) is 17.2 Å². The number of aliphatic hydroxyl groups excluding tert-OH is 1. The number of nitrogens with one attached hydrogen (secondary N) is 1. The summed E-state index contributed by atoms with van der Waals surface area (Å²) >= 11 is 3.42. The van der Waals surface area contributed by atoms with Gasteiger partial charge in [-0.3, -0.25) is 5.41 Å². The smallest absolute Gasteiger partial charge is 0.203 e. The van der Waals surface area contributed by atoms with Crippen LogP contribution in [-0.4, -0.2) is 14.2 Å². The summed E-state index contributed by atoms with van der Waals surface area (Å²) in [5.41, 5.74) is 4.32. The minimum atomic E-state index is -0.678. The van der Waals surface area contributed by atoms with Crippen LogP contribution in [0.4, 0.5) is 0 Å². The standard InChI is InChI=1S/C22H20BrN3O/c23-18-12-10-17(11-13-18)21(27)15-26-20-9-5-4-8-19(20)25(22(26)24)14-16-6-2-1-3-7-16/h1-13,21,24,27H,14-15H2/t21-/m1/s1. The molecule has 0 saturated heterocycles. The zero-order valence-electron chi connectivity index (χ0n) is 14.7. The van der Waals surface area contributed by atoms with Gasteiger partial charge in [0.2, 0.25) is 5.62 Å². The molecule has 27 heavy (non-hydrogen) atoms. The van der Waals surface area contributed by atoms with Crippen LogP contribution in [0, 0.1) is 5.41 Å². The van der Waals surface area contributed by atoms with Crippen LogP contribution in [0.3, 0.4) is 0 Å². The van der Waals surface area contributed by atoms with E-state index in [4.69, 9.17) is 5.41 Å². The second-order valence-corrected chi connectivity index (χ2v) is 7.48. The number of aliphatic hydroxyl groups is 1. The minimum absolute atomic E-state index is 0.336. The summed E-state index contributed by atoms with van der Waals surface area (Å²) in [4.78, 5) is 0. The van der Waals surface area contributed by atoms with E-state index < -0.39 is 6.10 Å². The van der Waals surface area contributed by atoms with E-state index in [1.807, 2.05) is 75.9 Å². The topological polar surface area (TPSA) is 53.9 Å². The fraction of sp³-hybridized carbons (Fsp3) is 0.136. The lowest BCUT2D eigenvalue weighted by atomic mass is 10.1. The van der Waals surface area contributed by atoms with E-state index in [9.17, 15) is 5.11 Å². The Balaban J connectivity index is 1.73. The van der Waals surface area contributed by atoms with E-state index in [0.717, 1.165) is 26.6 Å². The number of hydrogen-bond donors (Lipinski definition) is 2. The van der Waals surface area contributed by atoms with E-state index in [2.05, 4.69) is 28.1 Å². The van der Waals surface area contributed by atoms with E-state index >= 15 is 0 Å². The van der Waals surface area contributed by atoms with Crippen molar-refractivity contribution in [1.82, 2.24) is 9.13 Å². The molecule has 1 atom stereocenters. The van der Waals surface area contributed by atoms with Crippen molar-refractivity contribution >= 4 is 27.0 Å². The third-order valence-electron chi connectivity index (χ3n) is 4.77. The molecule has 1 aromatic heterocycles. The first kappa shape index (κ1) is 17.8. The quantitative estimate of drug-likeness (QED) is 0.490. The Morgan fingerprint density at radius 2 is 1.41 bits per heavy atom. The maximum atomic E-state index is 10.7. The Kier molecular flexibility index (Phi) is 4.97. The molecule has 4 nitrogen and oxygen atoms in total. The summed E-state index contributed by atoms with van der Waals surface area (Å²) in [6, 6.07) is 25.8. The van der Waals surface area contributed by atoms with Gasteiger partial charge in [0, 0.05) is 4.47 Å². The molecule has 0 radical (unpaired) electrons. The molecule has 0 fully saturated rings. The van der Waals surface area contributed by atoms with Crippen LogP contribution in [-0.2, 0) is 13.1 Å². The number of para-hydroxylation sites is 2. The van der Waals surface area contributed by atoms with Gasteiger partial charge in [-0.25, -0.2) is 0 Å². The van der Waals surface area contributed by atoms with Crippen molar-refractivity contribution < 1.29 is 5.11 Å². The molecule has 3 aromatic carbocycles. The van der Waals surface area contributed by atoms with Crippen molar-refractivity contribution in [3.63, 3.8) is 0 Å². The number of imidazole rings is 1. The van der Waals surface area contributed by atoms with Crippen molar-refractivity contribution in [2.24, 2.45) is 0 Å². The van der Waals surface area contributed by atoms with Gasteiger partial charge in [-0.1, -0.05) is 70.5 Å². The second kappa shape index (κ2) is 7.55. The zero-order chi connectivity index (χ0) is 18.8. The van der Waals surface area contributed by atoms with Gasteiger partial charge in [-0.2, -0.15) is 0 Å². The highest BCUT2D eigenvalue weighted by Gasteiger charge is 2.15. The number of hydrogen-bond acceptors (Lipinski definition) is 2. The molecule has 0 aliphatic carbocycles. The van der Waals surface area contributed by atoms with E-state index in [1.54, 1.807) is 0 Å². The number of aromatic nitrogens is 2. The first-order chi connectivity index (χ1) is 13.1. The molecule has 4 aromatic rings. The van der Waals surface area contributed by atoms with Crippen LogP contribution < -0.4 is 5.62 Å². The van der Waals surface area contributed by atoms with E-state index in [1.165, 1.54) is 0 Å². The Bertz CT molecular complexity index is 1110. The van der Waals surface area contributed by atoms with Gasteiger partial charge in [0.05, 0.1) is 30.2 Å². The molecule has 0 saturated carbocycles. The number of rotatable bonds is 5. The lowest BCUT2D eigenvalue weighted by Crippen LogP contribution is -2.27. The fourth-order valence-electron chi connectivity index (χ4n) is 3.37. The first-order valence-electron chi connectivity index (χ1n) is 8.83. The number of halogens is 1. The van der Waals surface area contributed by atoms with Gasteiger partial charge in [0.1, 0.15) is 0 Å². The van der Waals surface area contributed by atoms with E-state index in [0.29, 0.717) is 18.7 Å². The molecule has 0 bridgehead atoms. The van der Waals surface area contributed by atoms with Gasteiger partial charge in [-0.15, -0.1) is 0 Å². The van der Waals surface area contributed by atoms with Crippen LogP contribution in [0.5, 0.6) is 0 Å². The van der Waals surface area contributed by atoms with Gasteiger partial charge in [0.15, 0.2) is 0 Å². The van der Waals surface area contributed by atoms with Crippen molar-refractivity contribution in [2.45, 2.75) is 19.2 Å². The summed E-state index contributed by atoms with van der Waals surface area (Å²) < 4.78 is 4.84. The summed E-state index contributed by atoms with van der Waals surface area (Å²) in [7, 11) is 0. The van der Waals surface area contributed by atoms with Crippen LogP contribution in [0.15, 0.2) is 83.3 Å². The molecule has 4 rings (SSSR count). The van der Waals surface area contributed by atoms with Crippen molar-refractivity contribution in [2.75, 3.05) is 0 Å². The SMILES string of the molecule is N=c1n(Cc2ccccc2)c2ccccc2n1C[C@@H](O)c1ccc(Br)cc1. The summed E-state index contributed by atoms with van der Waals surface area (Å²) in [5.74, 6) is 0. The largest absolute Gasteiger partial charge is 0.387 e. The van der Waals surface area contributed by atoms with Crippen LogP contribution in [0.25, 0.3) is 11.0 Å². The van der Waals surface area contributed by atoms with Crippen molar-refractivity contribution in [3.05, 3.63) is 100 Å². The Labute approximate surface area is 166 Å². The molecule has 0 amide bonds. The molecule has 1 heterocycles. The lowest BCUT2D eigenvalue weighted by molar-refractivity contribution is 0.155. The third kappa shape index (κ3) is 3.61. The molecule has 0 spiro atoms. The monoisotopic (exact) mass is 421 g/mol. The fourth-order valence-corrected chi connectivity index (χ4v) is 3.63. The van der Waals surface area contributed by atoms with Crippen LogP contribution in [0.2, 0.25) is 0 Å². The zero-order valence-corrected chi connectivity index (χ0v) is 16.3. The van der Waals surface area contributed by atoms with Gasteiger partial charge < -0.3 is 14.2 Å². The highest BCUT2D eigenvalue weighted by Crippen LogP contribution is 2.21. The number of benzene rings is 3. The molecule has 0 aliphatic rings. The number of nitrogens with zero attached hydrogens (tertiary/aromatic N) is 2. The lowest BCUT2D eigenvalue weighted by Gasteiger charge is -2.13. The third-order valence-corrected chi connectivity index (χ3v) is 5.30. The predicted octanol–water partition coefficient (Wildman–Crippen LogP) is 4.47. The van der Waals surface area contributed by atoms with Gasteiger partial charge in [0.25, 0.3) is 0 Å². The first-order valence-corrected chi connectivity index (χ1v) is 9.63.